The molecule has 0 aromatic heterocycles. The molecule has 0 aromatic carbocycles. The standard InChI is InChI=1S/C9H15F3N2O/c1-7(2)14(5-3-4-13)6-8(15)9(10,11)12/h7-8,15H,3,5-6H2,1-2H3. The maximum Gasteiger partial charge on any atom is 0.415 e. The average molecular weight is 224 g/mol. The Morgan fingerprint density at radius 3 is 2.27 bits per heavy atom. The normalized spacial score (nSPS) is 14.3. The number of hydrogen-bond acceptors (Lipinski definition) is 3. The van der Waals surface area contributed by atoms with Crippen LogP contribution in [0.15, 0.2) is 0 Å². The van der Waals surface area contributed by atoms with E-state index < -0.39 is 18.8 Å². The lowest BCUT2D eigenvalue weighted by atomic mass is 10.2. The molecule has 0 aliphatic rings. The third kappa shape index (κ3) is 5.60. The fraction of sp³-hybridized carbons (Fsp3) is 0.889. The molecule has 1 atom stereocenters. The molecule has 0 aliphatic carbocycles. The maximum atomic E-state index is 12.1. The van der Waals surface area contributed by atoms with Gasteiger partial charge >= 0.3 is 6.18 Å². The van der Waals surface area contributed by atoms with Gasteiger partial charge in [0.15, 0.2) is 6.10 Å². The lowest BCUT2D eigenvalue weighted by Crippen LogP contribution is -2.44. The van der Waals surface area contributed by atoms with Crippen LogP contribution in [0.2, 0.25) is 0 Å². The Morgan fingerprint density at radius 1 is 1.40 bits per heavy atom. The van der Waals surface area contributed by atoms with Crippen LogP contribution < -0.4 is 0 Å². The molecule has 88 valence electrons. The first kappa shape index (κ1) is 14.2. The lowest BCUT2D eigenvalue weighted by molar-refractivity contribution is -0.209. The Morgan fingerprint density at radius 2 is 1.93 bits per heavy atom. The largest absolute Gasteiger partial charge is 0.415 e. The van der Waals surface area contributed by atoms with Crippen molar-refractivity contribution in [1.29, 1.82) is 5.26 Å². The van der Waals surface area contributed by atoms with E-state index in [-0.39, 0.29) is 19.0 Å². The fourth-order valence-electron chi connectivity index (χ4n) is 1.08. The number of hydrogen-bond donors (Lipinski definition) is 1. The molecule has 0 rings (SSSR count). The van der Waals surface area contributed by atoms with Crippen LogP contribution in [0.3, 0.4) is 0 Å². The highest BCUT2D eigenvalue weighted by Gasteiger charge is 2.39. The highest BCUT2D eigenvalue weighted by molar-refractivity contribution is 4.77. The molecule has 0 spiro atoms. The van der Waals surface area contributed by atoms with Crippen molar-refractivity contribution in [2.24, 2.45) is 0 Å². The van der Waals surface area contributed by atoms with Crippen molar-refractivity contribution in [3.63, 3.8) is 0 Å². The number of halogens is 3. The predicted octanol–water partition coefficient (Wildman–Crippen LogP) is 1.53. The minimum absolute atomic E-state index is 0.129. The fourth-order valence-corrected chi connectivity index (χ4v) is 1.08. The van der Waals surface area contributed by atoms with E-state index in [0.29, 0.717) is 0 Å². The molecule has 0 bridgehead atoms. The van der Waals surface area contributed by atoms with Gasteiger partial charge in [-0.2, -0.15) is 18.4 Å². The molecule has 0 aliphatic heterocycles. The number of nitrogens with zero attached hydrogens (tertiary/aromatic N) is 2. The smallest absolute Gasteiger partial charge is 0.382 e. The summed E-state index contributed by atoms with van der Waals surface area (Å²) in [5.41, 5.74) is 0. The summed E-state index contributed by atoms with van der Waals surface area (Å²) in [6, 6.07) is 1.73. The second kappa shape index (κ2) is 5.93. The van der Waals surface area contributed by atoms with Crippen LogP contribution in [0.25, 0.3) is 0 Å². The van der Waals surface area contributed by atoms with Crippen LogP contribution in [-0.2, 0) is 0 Å². The molecule has 15 heavy (non-hydrogen) atoms. The highest BCUT2D eigenvalue weighted by Crippen LogP contribution is 2.21. The van der Waals surface area contributed by atoms with Gasteiger partial charge in [-0.15, -0.1) is 0 Å². The van der Waals surface area contributed by atoms with E-state index in [1.807, 2.05) is 6.07 Å². The van der Waals surface area contributed by atoms with Crippen LogP contribution in [0, 0.1) is 11.3 Å². The van der Waals surface area contributed by atoms with Crippen molar-refractivity contribution in [3.8, 4) is 6.07 Å². The van der Waals surface area contributed by atoms with Gasteiger partial charge in [-0.25, -0.2) is 0 Å². The van der Waals surface area contributed by atoms with Crippen LogP contribution >= 0.6 is 0 Å². The van der Waals surface area contributed by atoms with Crippen molar-refractivity contribution in [1.82, 2.24) is 4.90 Å². The number of nitriles is 1. The quantitative estimate of drug-likeness (QED) is 0.770. The van der Waals surface area contributed by atoms with Crippen LogP contribution in [-0.4, -0.2) is 41.4 Å². The number of aliphatic hydroxyl groups excluding tert-OH is 1. The minimum atomic E-state index is -4.60. The SMILES string of the molecule is CC(C)N(CCC#N)CC(O)C(F)(F)F. The zero-order chi connectivity index (χ0) is 12.1. The van der Waals surface area contributed by atoms with Gasteiger partial charge in [-0.3, -0.25) is 4.90 Å². The van der Waals surface area contributed by atoms with Crippen molar-refractivity contribution in [2.75, 3.05) is 13.1 Å². The molecule has 3 nitrogen and oxygen atoms in total. The molecule has 0 saturated heterocycles. The first-order valence-corrected chi connectivity index (χ1v) is 4.64. The molecule has 0 aromatic rings. The molecule has 0 heterocycles. The summed E-state index contributed by atoms with van der Waals surface area (Å²) < 4.78 is 36.2. The van der Waals surface area contributed by atoms with E-state index in [4.69, 9.17) is 10.4 Å². The summed E-state index contributed by atoms with van der Waals surface area (Å²) in [7, 11) is 0. The number of rotatable bonds is 5. The predicted molar refractivity (Wildman–Crippen MR) is 49.0 cm³/mol. The van der Waals surface area contributed by atoms with E-state index in [0.717, 1.165) is 0 Å². The highest BCUT2D eigenvalue weighted by atomic mass is 19.4. The van der Waals surface area contributed by atoms with Crippen molar-refractivity contribution >= 4 is 0 Å². The Bertz CT molecular complexity index is 222. The monoisotopic (exact) mass is 224 g/mol. The van der Waals surface area contributed by atoms with Gasteiger partial charge in [0.05, 0.1) is 6.07 Å². The van der Waals surface area contributed by atoms with Gasteiger partial charge in [0.2, 0.25) is 0 Å². The van der Waals surface area contributed by atoms with Gasteiger partial charge in [0.25, 0.3) is 0 Å². The molecule has 1 unspecified atom stereocenters. The van der Waals surface area contributed by atoms with Crippen LogP contribution in [0.5, 0.6) is 0 Å². The zero-order valence-electron chi connectivity index (χ0n) is 8.75. The molecule has 0 amide bonds. The summed E-state index contributed by atoms with van der Waals surface area (Å²) in [5.74, 6) is 0. The number of aliphatic hydroxyl groups is 1. The third-order valence-corrected chi connectivity index (χ3v) is 2.03. The summed E-state index contributed by atoms with van der Waals surface area (Å²) in [6.45, 7) is 3.20. The molecular formula is C9H15F3N2O. The second-order valence-corrected chi connectivity index (χ2v) is 3.55. The number of alkyl halides is 3. The van der Waals surface area contributed by atoms with Gasteiger partial charge in [-0.05, 0) is 13.8 Å². The maximum absolute atomic E-state index is 12.1. The van der Waals surface area contributed by atoms with E-state index >= 15 is 0 Å². The van der Waals surface area contributed by atoms with Crippen molar-refractivity contribution in [3.05, 3.63) is 0 Å². The van der Waals surface area contributed by atoms with E-state index in [1.54, 1.807) is 13.8 Å². The van der Waals surface area contributed by atoms with Gasteiger partial charge in [-0.1, -0.05) is 0 Å². The Labute approximate surface area is 87.1 Å². The van der Waals surface area contributed by atoms with Gasteiger partial charge in [0.1, 0.15) is 0 Å². The molecule has 0 saturated carbocycles. The van der Waals surface area contributed by atoms with Crippen LogP contribution in [0.4, 0.5) is 13.2 Å². The topological polar surface area (TPSA) is 47.3 Å². The summed E-state index contributed by atoms with van der Waals surface area (Å²) in [6.07, 6.45) is -6.79. The Kier molecular flexibility index (Phi) is 5.61. The molecule has 1 N–H and O–H groups in total. The van der Waals surface area contributed by atoms with E-state index in [9.17, 15) is 13.2 Å². The van der Waals surface area contributed by atoms with Gasteiger partial charge < -0.3 is 5.11 Å². The molecular weight excluding hydrogens is 209 g/mol. The molecule has 0 fully saturated rings. The average Bonchev–Trinajstić information content (AvgIpc) is 2.09. The van der Waals surface area contributed by atoms with Crippen molar-refractivity contribution < 1.29 is 18.3 Å². The Balaban J connectivity index is 4.23. The van der Waals surface area contributed by atoms with E-state index in [1.165, 1.54) is 4.90 Å². The first-order valence-electron chi connectivity index (χ1n) is 4.64. The summed E-state index contributed by atoms with van der Waals surface area (Å²) in [4.78, 5) is 1.43. The molecule has 6 heteroatoms. The van der Waals surface area contributed by atoms with Crippen LogP contribution in [0.1, 0.15) is 20.3 Å². The minimum Gasteiger partial charge on any atom is -0.382 e. The second-order valence-electron chi connectivity index (χ2n) is 3.55. The van der Waals surface area contributed by atoms with E-state index in [2.05, 4.69) is 0 Å². The summed E-state index contributed by atoms with van der Waals surface area (Å²) >= 11 is 0. The molecule has 0 radical (unpaired) electrons. The Hall–Kier alpha value is -0.800. The summed E-state index contributed by atoms with van der Waals surface area (Å²) in [5, 5.41) is 17.2. The van der Waals surface area contributed by atoms with Crippen molar-refractivity contribution in [2.45, 2.75) is 38.6 Å². The third-order valence-electron chi connectivity index (χ3n) is 2.03. The van der Waals surface area contributed by atoms with Gasteiger partial charge in [0, 0.05) is 25.6 Å². The lowest BCUT2D eigenvalue weighted by Gasteiger charge is -2.28. The first-order chi connectivity index (χ1) is 6.79. The zero-order valence-corrected chi connectivity index (χ0v) is 8.75.